The molecule has 1 aliphatic rings. The molecule has 1 atom stereocenters. The highest BCUT2D eigenvalue weighted by Gasteiger charge is 2.44. The summed E-state index contributed by atoms with van der Waals surface area (Å²) in [5.41, 5.74) is 0. The maximum Gasteiger partial charge on any atom is 0.396 e. The Kier molecular flexibility index (Phi) is 8.90. The van der Waals surface area contributed by atoms with E-state index < -0.39 is 22.5 Å². The lowest BCUT2D eigenvalue weighted by atomic mass is 10.4. The van der Waals surface area contributed by atoms with Crippen LogP contribution in [0, 0.1) is 0 Å². The van der Waals surface area contributed by atoms with Crippen LogP contribution in [-0.4, -0.2) is 19.8 Å². The van der Waals surface area contributed by atoms with Gasteiger partial charge in [0.25, 0.3) is 0 Å². The highest BCUT2D eigenvalue weighted by Crippen LogP contribution is 2.75. The summed E-state index contributed by atoms with van der Waals surface area (Å²) >= 11 is 0. The highest BCUT2D eigenvalue weighted by molar-refractivity contribution is 7.91. The molecule has 0 amide bonds. The monoisotopic (exact) mass is 483 g/mol. The molecular weight excluding hydrogens is 451 g/mol. The van der Waals surface area contributed by atoms with Crippen LogP contribution in [0.2, 0.25) is 0 Å². The SMILES string of the molecule is CCCOP1(=O)N=P(c2ccccc2)(c2ccccc2)N=P(OCCC)(OCCC)N1. The van der Waals surface area contributed by atoms with Crippen molar-refractivity contribution in [3.63, 3.8) is 0 Å². The molecule has 2 aromatic carbocycles. The number of nitrogens with one attached hydrogen (secondary N) is 1. The first-order valence-electron chi connectivity index (χ1n) is 10.7. The van der Waals surface area contributed by atoms with E-state index in [-0.39, 0.29) is 0 Å². The van der Waals surface area contributed by atoms with Gasteiger partial charge in [-0.15, -0.1) is 4.86 Å². The summed E-state index contributed by atoms with van der Waals surface area (Å²) in [5.74, 6) is 0. The van der Waals surface area contributed by atoms with Gasteiger partial charge in [0.05, 0.1) is 19.8 Å². The highest BCUT2D eigenvalue weighted by atomic mass is 31.3. The molecule has 0 saturated heterocycles. The van der Waals surface area contributed by atoms with Crippen LogP contribution in [-0.2, 0) is 18.1 Å². The second kappa shape index (κ2) is 11.2. The topological polar surface area (TPSA) is 81.5 Å². The van der Waals surface area contributed by atoms with Crippen molar-refractivity contribution in [2.75, 3.05) is 19.8 Å². The minimum Gasteiger partial charge on any atom is -0.312 e. The number of benzene rings is 2. The van der Waals surface area contributed by atoms with Gasteiger partial charge in [0, 0.05) is 10.6 Å². The molecule has 170 valence electrons. The molecule has 1 unspecified atom stereocenters. The van der Waals surface area contributed by atoms with E-state index in [4.69, 9.17) is 22.6 Å². The molecular formula is C21H32N3O4P3. The molecule has 7 nitrogen and oxygen atoms in total. The standard InChI is InChI=1S/C21H32N3O4P3/c1-4-17-26-30(25)22-29(20-13-9-7-10-14-20,21-15-11-8-12-16-21)23-31(24-30,27-18-5-2)28-19-6-3/h7-16H,4-6,17-19H2,1-3H3,(H,24,25). The Balaban J connectivity index is 2.34. The zero-order valence-electron chi connectivity index (χ0n) is 18.4. The van der Waals surface area contributed by atoms with Crippen LogP contribution in [0.25, 0.3) is 0 Å². The van der Waals surface area contributed by atoms with Crippen LogP contribution < -0.4 is 15.5 Å². The average molecular weight is 483 g/mol. The Labute approximate surface area is 185 Å². The van der Waals surface area contributed by atoms with E-state index in [1.54, 1.807) is 0 Å². The van der Waals surface area contributed by atoms with Gasteiger partial charge >= 0.3 is 15.3 Å². The van der Waals surface area contributed by atoms with Crippen molar-refractivity contribution in [1.29, 1.82) is 0 Å². The Bertz CT molecular complexity index is 944. The van der Waals surface area contributed by atoms with Crippen LogP contribution in [0.5, 0.6) is 0 Å². The van der Waals surface area contributed by atoms with E-state index in [1.807, 2.05) is 81.4 Å². The zero-order chi connectivity index (χ0) is 22.2. The molecule has 0 aromatic heterocycles. The first-order chi connectivity index (χ1) is 15.0. The summed E-state index contributed by atoms with van der Waals surface area (Å²) in [5, 5.41) is 1.79. The number of nitrogens with zero attached hydrogens (tertiary/aromatic N) is 2. The molecule has 3 rings (SSSR count). The van der Waals surface area contributed by atoms with Gasteiger partial charge in [-0.1, -0.05) is 81.4 Å². The quantitative estimate of drug-likeness (QED) is 0.360. The lowest BCUT2D eigenvalue weighted by molar-refractivity contribution is 0.233. The summed E-state index contributed by atoms with van der Waals surface area (Å²) in [6.45, 7) is 7.21. The third-order valence-electron chi connectivity index (χ3n) is 4.39. The molecule has 2 aromatic rings. The van der Waals surface area contributed by atoms with Crippen molar-refractivity contribution in [2.45, 2.75) is 40.0 Å². The fraction of sp³-hybridized carbons (Fsp3) is 0.429. The first kappa shape index (κ1) is 24.6. The molecule has 10 heteroatoms. The van der Waals surface area contributed by atoms with Gasteiger partial charge < -0.3 is 13.6 Å². The van der Waals surface area contributed by atoms with Crippen molar-refractivity contribution < 1.29 is 18.1 Å². The fourth-order valence-corrected chi connectivity index (χ4v) is 14.3. The smallest absolute Gasteiger partial charge is 0.312 e. The zero-order valence-corrected chi connectivity index (χ0v) is 21.1. The lowest BCUT2D eigenvalue weighted by Gasteiger charge is -2.36. The lowest BCUT2D eigenvalue weighted by Crippen LogP contribution is -2.23. The van der Waals surface area contributed by atoms with Crippen molar-refractivity contribution in [2.24, 2.45) is 9.03 Å². The second-order valence-corrected chi connectivity index (χ2v) is 14.4. The molecule has 0 fully saturated rings. The van der Waals surface area contributed by atoms with Crippen molar-refractivity contribution in [3.05, 3.63) is 60.7 Å². The summed E-state index contributed by atoms with van der Waals surface area (Å²) in [6, 6.07) is 19.6. The van der Waals surface area contributed by atoms with Gasteiger partial charge in [-0.05, 0) is 19.3 Å². The summed E-state index contributed by atoms with van der Waals surface area (Å²) in [7, 11) is -9.61. The van der Waals surface area contributed by atoms with Gasteiger partial charge in [-0.25, -0.2) is 4.57 Å². The van der Waals surface area contributed by atoms with Gasteiger partial charge in [0.2, 0.25) is 0 Å². The normalized spacial score (nSPS) is 21.8. The predicted octanol–water partition coefficient (Wildman–Crippen LogP) is 6.69. The summed E-state index contributed by atoms with van der Waals surface area (Å²) < 4.78 is 42.4. The third-order valence-corrected chi connectivity index (χ3v) is 14.0. The van der Waals surface area contributed by atoms with Crippen LogP contribution in [0.15, 0.2) is 69.7 Å². The van der Waals surface area contributed by atoms with Crippen molar-refractivity contribution in [3.8, 4) is 0 Å². The number of hydrogen-bond donors (Lipinski definition) is 1. The van der Waals surface area contributed by atoms with E-state index in [0.29, 0.717) is 19.8 Å². The first-order valence-corrected chi connectivity index (χ1v) is 15.6. The molecule has 1 N–H and O–H groups in total. The molecule has 1 heterocycles. The minimum atomic E-state index is -3.65. The van der Waals surface area contributed by atoms with Crippen LogP contribution >= 0.6 is 22.5 Å². The molecule has 1 aliphatic heterocycles. The maximum atomic E-state index is 14.0. The minimum absolute atomic E-state index is 0.318. The third kappa shape index (κ3) is 5.86. The molecule has 31 heavy (non-hydrogen) atoms. The molecule has 0 saturated carbocycles. The Hall–Kier alpha value is -1.03. The number of hydrogen-bond acceptors (Lipinski definition) is 5. The van der Waals surface area contributed by atoms with E-state index in [1.165, 1.54) is 0 Å². The molecule has 0 radical (unpaired) electrons. The largest absolute Gasteiger partial charge is 0.396 e. The number of rotatable bonds is 11. The van der Waals surface area contributed by atoms with E-state index in [9.17, 15) is 4.57 Å². The predicted molar refractivity (Wildman–Crippen MR) is 130 cm³/mol. The molecule has 0 aliphatic carbocycles. The van der Waals surface area contributed by atoms with Gasteiger partial charge in [0.15, 0.2) is 0 Å². The van der Waals surface area contributed by atoms with E-state index >= 15 is 0 Å². The van der Waals surface area contributed by atoms with Gasteiger partial charge in [-0.2, -0.15) is 9.03 Å². The Morgan fingerprint density at radius 3 is 1.61 bits per heavy atom. The fourth-order valence-electron chi connectivity index (χ4n) is 3.03. The van der Waals surface area contributed by atoms with Gasteiger partial charge in [0.1, 0.15) is 7.21 Å². The maximum absolute atomic E-state index is 14.0. The second-order valence-electron chi connectivity index (χ2n) is 7.09. The molecule has 0 bridgehead atoms. The Morgan fingerprint density at radius 1 is 0.710 bits per heavy atom. The van der Waals surface area contributed by atoms with E-state index in [0.717, 1.165) is 29.9 Å². The summed E-state index contributed by atoms with van der Waals surface area (Å²) in [6.07, 6.45) is 2.29. The summed E-state index contributed by atoms with van der Waals surface area (Å²) in [4.78, 5) is 3.04. The van der Waals surface area contributed by atoms with Crippen LogP contribution in [0.3, 0.4) is 0 Å². The van der Waals surface area contributed by atoms with E-state index in [2.05, 4.69) is 4.86 Å². The van der Waals surface area contributed by atoms with Crippen LogP contribution in [0.4, 0.5) is 0 Å². The van der Waals surface area contributed by atoms with Gasteiger partial charge in [-0.3, -0.25) is 0 Å². The molecule has 0 spiro atoms. The average Bonchev–Trinajstić information content (AvgIpc) is 2.81. The van der Waals surface area contributed by atoms with Crippen molar-refractivity contribution >= 4 is 33.1 Å². The van der Waals surface area contributed by atoms with Crippen LogP contribution in [0.1, 0.15) is 40.0 Å². The Morgan fingerprint density at radius 2 is 1.16 bits per heavy atom. The van der Waals surface area contributed by atoms with Crippen molar-refractivity contribution in [1.82, 2.24) is 4.86 Å².